The van der Waals surface area contributed by atoms with E-state index in [9.17, 15) is 29.1 Å². The van der Waals surface area contributed by atoms with Crippen LogP contribution in [-0.4, -0.2) is 77.6 Å². The van der Waals surface area contributed by atoms with Crippen LogP contribution in [0.15, 0.2) is 78.9 Å². The second-order valence-corrected chi connectivity index (χ2v) is 13.7. The number of likely N-dealkylation sites (tertiary alicyclic amines) is 1. The Morgan fingerprint density at radius 2 is 1.50 bits per heavy atom. The van der Waals surface area contributed by atoms with Gasteiger partial charge in [-0.1, -0.05) is 68.4 Å². The van der Waals surface area contributed by atoms with Crippen LogP contribution in [0.25, 0.3) is 0 Å². The average molecular weight is 799 g/mol. The SMILES string of the molecule is CC(C)CC(NC(=O)COc1ccccc1I)C(=O)NC(Cc1ccc(OC(=O)N2CCC(NC(=O)Cc3ccccc3)CC2)cc1)C(=O)O. The number of carbonyl (C=O) groups excluding carboxylic acids is 4. The zero-order chi connectivity index (χ0) is 36.0. The van der Waals surface area contributed by atoms with Gasteiger partial charge in [0.1, 0.15) is 23.6 Å². The maximum Gasteiger partial charge on any atom is 0.415 e. The van der Waals surface area contributed by atoms with Gasteiger partial charge in [-0.2, -0.15) is 0 Å². The fraction of sp³-hybridized carbons (Fsp3) is 0.378. The number of amides is 4. The van der Waals surface area contributed by atoms with Crippen LogP contribution in [0.2, 0.25) is 0 Å². The Bertz CT molecular complexity index is 1610. The monoisotopic (exact) mass is 798 g/mol. The second kappa shape index (κ2) is 18.9. The molecule has 4 rings (SSSR count). The molecule has 1 saturated heterocycles. The number of piperidine rings is 1. The van der Waals surface area contributed by atoms with E-state index in [1.807, 2.05) is 56.3 Å². The maximum absolute atomic E-state index is 13.2. The summed E-state index contributed by atoms with van der Waals surface area (Å²) in [5, 5.41) is 18.2. The van der Waals surface area contributed by atoms with E-state index in [1.165, 1.54) is 0 Å². The molecule has 1 aliphatic heterocycles. The highest BCUT2D eigenvalue weighted by molar-refractivity contribution is 14.1. The molecule has 3 aromatic carbocycles. The first-order chi connectivity index (χ1) is 24.0. The van der Waals surface area contributed by atoms with Gasteiger partial charge < -0.3 is 35.4 Å². The van der Waals surface area contributed by atoms with E-state index >= 15 is 0 Å². The molecule has 50 heavy (non-hydrogen) atoms. The maximum atomic E-state index is 13.2. The summed E-state index contributed by atoms with van der Waals surface area (Å²) in [5.41, 5.74) is 1.54. The lowest BCUT2D eigenvalue weighted by Gasteiger charge is -2.31. The molecule has 13 heteroatoms. The second-order valence-electron chi connectivity index (χ2n) is 12.6. The Morgan fingerprint density at radius 3 is 2.14 bits per heavy atom. The van der Waals surface area contributed by atoms with Crippen molar-refractivity contribution in [3.8, 4) is 11.5 Å². The number of carboxylic acid groups (broad SMARTS) is 1. The number of rotatable bonds is 15. The Kier molecular flexibility index (Phi) is 14.4. The zero-order valence-electron chi connectivity index (χ0n) is 28.1. The third-order valence-electron chi connectivity index (χ3n) is 8.06. The smallest absolute Gasteiger partial charge is 0.415 e. The van der Waals surface area contributed by atoms with Gasteiger partial charge in [0.2, 0.25) is 11.8 Å². The van der Waals surface area contributed by atoms with Crippen LogP contribution in [0.4, 0.5) is 4.79 Å². The molecular formula is C37H43IN4O8. The number of carbonyl (C=O) groups is 5. The van der Waals surface area contributed by atoms with Crippen molar-refractivity contribution < 1.29 is 38.6 Å². The van der Waals surface area contributed by atoms with Gasteiger partial charge in [-0.15, -0.1) is 0 Å². The van der Waals surface area contributed by atoms with Crippen molar-refractivity contribution in [3.05, 3.63) is 93.6 Å². The molecule has 3 aromatic rings. The van der Waals surface area contributed by atoms with Crippen LogP contribution in [0.1, 0.15) is 44.2 Å². The summed E-state index contributed by atoms with van der Waals surface area (Å²) in [5.74, 6) is -1.52. The number of aliphatic carboxylic acids is 1. The lowest BCUT2D eigenvalue weighted by Crippen LogP contribution is -2.53. The molecule has 0 bridgehead atoms. The van der Waals surface area contributed by atoms with Crippen molar-refractivity contribution in [2.75, 3.05) is 19.7 Å². The quantitative estimate of drug-likeness (QED) is 0.165. The van der Waals surface area contributed by atoms with Crippen molar-refractivity contribution in [1.82, 2.24) is 20.9 Å². The summed E-state index contributed by atoms with van der Waals surface area (Å²) >= 11 is 2.10. The molecule has 0 spiro atoms. The van der Waals surface area contributed by atoms with Crippen LogP contribution >= 0.6 is 22.6 Å². The van der Waals surface area contributed by atoms with E-state index in [0.29, 0.717) is 55.8 Å². The molecule has 0 aliphatic carbocycles. The highest BCUT2D eigenvalue weighted by Gasteiger charge is 2.28. The third kappa shape index (κ3) is 12.3. The minimum atomic E-state index is -1.26. The van der Waals surface area contributed by atoms with Gasteiger partial charge in [0.15, 0.2) is 6.61 Å². The number of benzene rings is 3. The van der Waals surface area contributed by atoms with Crippen molar-refractivity contribution in [2.24, 2.45) is 5.92 Å². The van der Waals surface area contributed by atoms with E-state index < -0.39 is 36.0 Å². The van der Waals surface area contributed by atoms with Crippen molar-refractivity contribution in [2.45, 2.75) is 64.1 Å². The Morgan fingerprint density at radius 1 is 0.840 bits per heavy atom. The Hall–Kier alpha value is -4.66. The number of nitrogens with zero attached hydrogens (tertiary/aromatic N) is 1. The lowest BCUT2D eigenvalue weighted by atomic mass is 10.0. The van der Waals surface area contributed by atoms with Gasteiger partial charge in [0, 0.05) is 25.6 Å². The van der Waals surface area contributed by atoms with Crippen LogP contribution in [0.3, 0.4) is 0 Å². The third-order valence-corrected chi connectivity index (χ3v) is 8.95. The molecule has 2 atom stereocenters. The standard InChI is InChI=1S/C37H43IN4O8/c1-24(2)20-30(40-34(44)23-49-32-11-7-6-10-29(32)38)35(45)41-31(36(46)47)21-26-12-14-28(15-13-26)50-37(48)42-18-16-27(17-19-42)39-33(43)22-25-8-4-3-5-9-25/h3-15,24,27,30-31H,16-23H2,1-2H3,(H,39,43)(H,40,44)(H,41,45)(H,46,47). The van der Waals surface area contributed by atoms with E-state index in [0.717, 1.165) is 9.13 Å². The van der Waals surface area contributed by atoms with E-state index in [2.05, 4.69) is 38.5 Å². The van der Waals surface area contributed by atoms with Gasteiger partial charge in [0.05, 0.1) is 9.99 Å². The summed E-state index contributed by atoms with van der Waals surface area (Å²) in [7, 11) is 0. The number of hydrogen-bond acceptors (Lipinski definition) is 7. The predicted octanol–water partition coefficient (Wildman–Crippen LogP) is 4.34. The normalized spacial score (nSPS) is 14.3. The summed E-state index contributed by atoms with van der Waals surface area (Å²) in [4.78, 5) is 64.8. The fourth-order valence-corrected chi connectivity index (χ4v) is 6.02. The topological polar surface area (TPSA) is 163 Å². The highest BCUT2D eigenvalue weighted by Crippen LogP contribution is 2.20. The van der Waals surface area contributed by atoms with Crippen molar-refractivity contribution in [1.29, 1.82) is 0 Å². The molecule has 4 amide bonds. The largest absolute Gasteiger partial charge is 0.483 e. The molecule has 1 aliphatic rings. The summed E-state index contributed by atoms with van der Waals surface area (Å²) < 4.78 is 12.0. The predicted molar refractivity (Wildman–Crippen MR) is 195 cm³/mol. The molecule has 0 saturated carbocycles. The number of para-hydroxylation sites is 1. The van der Waals surface area contributed by atoms with Crippen molar-refractivity contribution >= 4 is 52.4 Å². The van der Waals surface area contributed by atoms with Gasteiger partial charge in [0.25, 0.3) is 5.91 Å². The first-order valence-electron chi connectivity index (χ1n) is 16.6. The summed E-state index contributed by atoms with van der Waals surface area (Å²) in [6.45, 7) is 4.37. The van der Waals surface area contributed by atoms with Gasteiger partial charge in [-0.3, -0.25) is 14.4 Å². The number of halogens is 1. The van der Waals surface area contributed by atoms with Gasteiger partial charge in [-0.05, 0) is 83.2 Å². The molecular weight excluding hydrogens is 755 g/mol. The van der Waals surface area contributed by atoms with Crippen LogP contribution in [0, 0.1) is 9.49 Å². The minimum Gasteiger partial charge on any atom is -0.483 e. The van der Waals surface area contributed by atoms with E-state index in [-0.39, 0.29) is 30.9 Å². The molecule has 266 valence electrons. The zero-order valence-corrected chi connectivity index (χ0v) is 30.3. The number of carboxylic acids is 1. The molecule has 12 nitrogen and oxygen atoms in total. The van der Waals surface area contributed by atoms with Crippen LogP contribution in [-0.2, 0) is 32.0 Å². The fourth-order valence-electron chi connectivity index (χ4n) is 5.48. The van der Waals surface area contributed by atoms with Crippen molar-refractivity contribution in [3.63, 3.8) is 0 Å². The summed E-state index contributed by atoms with van der Waals surface area (Å²) in [6, 6.07) is 20.9. The first kappa shape index (κ1) is 38.1. The van der Waals surface area contributed by atoms with Gasteiger partial charge in [-0.25, -0.2) is 9.59 Å². The lowest BCUT2D eigenvalue weighted by molar-refractivity contribution is -0.142. The minimum absolute atomic E-state index is 0.0214. The molecule has 4 N–H and O–H groups in total. The molecule has 1 heterocycles. The number of hydrogen-bond donors (Lipinski definition) is 4. The number of nitrogens with one attached hydrogen (secondary N) is 3. The molecule has 0 aromatic heterocycles. The summed E-state index contributed by atoms with van der Waals surface area (Å²) in [6.07, 6.45) is 1.29. The molecule has 2 unspecified atom stereocenters. The Labute approximate surface area is 305 Å². The van der Waals surface area contributed by atoms with Crippen LogP contribution in [0.5, 0.6) is 11.5 Å². The number of ether oxygens (including phenoxy) is 2. The Balaban J connectivity index is 1.24. The first-order valence-corrected chi connectivity index (χ1v) is 17.6. The molecule has 0 radical (unpaired) electrons. The average Bonchev–Trinajstić information content (AvgIpc) is 3.08. The molecule has 1 fully saturated rings. The van der Waals surface area contributed by atoms with Crippen LogP contribution < -0.4 is 25.4 Å². The highest BCUT2D eigenvalue weighted by atomic mass is 127. The van der Waals surface area contributed by atoms with Gasteiger partial charge >= 0.3 is 12.1 Å². The van der Waals surface area contributed by atoms with E-state index in [4.69, 9.17) is 9.47 Å². The van der Waals surface area contributed by atoms with E-state index in [1.54, 1.807) is 41.3 Å².